The molecule has 2 aliphatic heterocycles. The molecule has 158 valence electrons. The minimum absolute atomic E-state index is 0.387. The molecule has 2 fully saturated rings. The standard InChI is InChI=1S/C28H36N2/c1-28(2)16-6-17-30(28)18-15-22-9-11-24(12-10-22)26-14-13-25-20-29(21-27(25)26)19-23-7-4-3-5-8-23/h3-5,7-12,14,25,27H,6,13,15-21H2,1-2H3/t25-,27+/m0/s1. The number of rotatable bonds is 6. The van der Waals surface area contributed by atoms with E-state index in [-0.39, 0.29) is 0 Å². The monoisotopic (exact) mass is 400 g/mol. The lowest BCUT2D eigenvalue weighted by Crippen LogP contribution is -2.39. The zero-order valence-electron chi connectivity index (χ0n) is 18.7. The average molecular weight is 401 g/mol. The van der Waals surface area contributed by atoms with Gasteiger partial charge < -0.3 is 0 Å². The molecule has 2 aromatic rings. The van der Waals surface area contributed by atoms with Crippen LogP contribution in [0.25, 0.3) is 5.57 Å². The molecule has 2 saturated heterocycles. The van der Waals surface area contributed by atoms with Gasteiger partial charge in [0.15, 0.2) is 0 Å². The predicted octanol–water partition coefficient (Wildman–Crippen LogP) is 5.64. The molecule has 3 aliphatic rings. The van der Waals surface area contributed by atoms with Crippen LogP contribution < -0.4 is 0 Å². The van der Waals surface area contributed by atoms with Gasteiger partial charge in [0.25, 0.3) is 0 Å². The first-order chi connectivity index (χ1) is 14.6. The van der Waals surface area contributed by atoms with E-state index in [1.807, 2.05) is 0 Å². The van der Waals surface area contributed by atoms with Crippen LogP contribution in [0.2, 0.25) is 0 Å². The van der Waals surface area contributed by atoms with Crippen molar-refractivity contribution in [3.8, 4) is 0 Å². The van der Waals surface area contributed by atoms with Gasteiger partial charge in [0.2, 0.25) is 0 Å². The van der Waals surface area contributed by atoms with E-state index in [0.29, 0.717) is 11.5 Å². The molecule has 0 bridgehead atoms. The Bertz CT molecular complexity index is 881. The van der Waals surface area contributed by atoms with E-state index in [2.05, 4.69) is 84.3 Å². The summed E-state index contributed by atoms with van der Waals surface area (Å²) in [5.74, 6) is 1.52. The molecular weight excluding hydrogens is 364 g/mol. The third kappa shape index (κ3) is 4.13. The first-order valence-electron chi connectivity index (χ1n) is 11.9. The van der Waals surface area contributed by atoms with Crippen molar-refractivity contribution in [3.63, 3.8) is 0 Å². The van der Waals surface area contributed by atoms with Crippen molar-refractivity contribution in [2.45, 2.75) is 51.6 Å². The van der Waals surface area contributed by atoms with Crippen LogP contribution in [-0.2, 0) is 13.0 Å². The quantitative estimate of drug-likeness (QED) is 0.619. The largest absolute Gasteiger partial charge is 0.298 e. The number of hydrogen-bond acceptors (Lipinski definition) is 2. The molecule has 0 spiro atoms. The Morgan fingerprint density at radius 3 is 2.47 bits per heavy atom. The Balaban J connectivity index is 1.19. The second kappa shape index (κ2) is 8.32. The second-order valence-electron chi connectivity index (χ2n) is 10.3. The highest BCUT2D eigenvalue weighted by Gasteiger charge is 2.38. The first kappa shape index (κ1) is 20.0. The van der Waals surface area contributed by atoms with E-state index in [1.54, 1.807) is 5.57 Å². The van der Waals surface area contributed by atoms with E-state index >= 15 is 0 Å². The van der Waals surface area contributed by atoms with Gasteiger partial charge in [0.1, 0.15) is 0 Å². The molecule has 5 rings (SSSR count). The molecule has 2 heterocycles. The molecule has 0 radical (unpaired) electrons. The highest BCUT2D eigenvalue weighted by atomic mass is 15.2. The summed E-state index contributed by atoms with van der Waals surface area (Å²) < 4.78 is 0. The van der Waals surface area contributed by atoms with Crippen LogP contribution in [0.15, 0.2) is 60.7 Å². The lowest BCUT2D eigenvalue weighted by Gasteiger charge is -2.31. The van der Waals surface area contributed by atoms with Gasteiger partial charge in [-0.1, -0.05) is 60.7 Å². The molecule has 0 saturated carbocycles. The summed E-state index contributed by atoms with van der Waals surface area (Å²) in [4.78, 5) is 5.33. The summed E-state index contributed by atoms with van der Waals surface area (Å²) in [6.07, 6.45) is 7.63. The maximum absolute atomic E-state index is 2.67. The Morgan fingerprint density at radius 2 is 1.73 bits per heavy atom. The molecule has 1 aliphatic carbocycles. The summed E-state index contributed by atoms with van der Waals surface area (Å²) in [6, 6.07) is 20.5. The number of allylic oxidation sites excluding steroid dienone is 1. The van der Waals surface area contributed by atoms with Crippen LogP contribution in [-0.4, -0.2) is 41.5 Å². The molecule has 2 atom stereocenters. The van der Waals surface area contributed by atoms with Crippen LogP contribution in [0.4, 0.5) is 0 Å². The van der Waals surface area contributed by atoms with Gasteiger partial charge >= 0.3 is 0 Å². The van der Waals surface area contributed by atoms with Crippen LogP contribution >= 0.6 is 0 Å². The van der Waals surface area contributed by atoms with Crippen molar-refractivity contribution < 1.29 is 0 Å². The maximum atomic E-state index is 2.67. The zero-order valence-corrected chi connectivity index (χ0v) is 18.7. The van der Waals surface area contributed by atoms with Crippen LogP contribution in [0.5, 0.6) is 0 Å². The van der Waals surface area contributed by atoms with E-state index in [4.69, 9.17) is 0 Å². The Hall–Kier alpha value is -1.90. The van der Waals surface area contributed by atoms with Gasteiger partial charge in [-0.15, -0.1) is 0 Å². The molecule has 2 aromatic carbocycles. The number of likely N-dealkylation sites (tertiary alicyclic amines) is 2. The third-order valence-electron chi connectivity index (χ3n) is 7.84. The molecule has 0 amide bonds. The van der Waals surface area contributed by atoms with E-state index in [9.17, 15) is 0 Å². The van der Waals surface area contributed by atoms with E-state index in [0.717, 1.165) is 12.5 Å². The summed E-state index contributed by atoms with van der Waals surface area (Å²) in [5.41, 5.74) is 6.36. The van der Waals surface area contributed by atoms with Crippen LogP contribution in [0.3, 0.4) is 0 Å². The SMILES string of the molecule is CC1(C)CCCN1CCc1ccc(C2=CC[C@H]3CN(Cc4ccccc4)C[C@@H]23)cc1. The van der Waals surface area contributed by atoms with Gasteiger partial charge in [0.05, 0.1) is 0 Å². The molecule has 0 aromatic heterocycles. The Labute approximate surface area is 182 Å². The van der Waals surface area contributed by atoms with E-state index < -0.39 is 0 Å². The Kier molecular flexibility index (Phi) is 5.56. The summed E-state index contributed by atoms with van der Waals surface area (Å²) in [6.45, 7) is 10.8. The zero-order chi connectivity index (χ0) is 20.6. The second-order valence-corrected chi connectivity index (χ2v) is 10.3. The topological polar surface area (TPSA) is 6.48 Å². The fraction of sp³-hybridized carbons (Fsp3) is 0.500. The molecule has 30 heavy (non-hydrogen) atoms. The minimum Gasteiger partial charge on any atom is -0.298 e. The Morgan fingerprint density at radius 1 is 0.933 bits per heavy atom. The van der Waals surface area contributed by atoms with E-state index in [1.165, 1.54) is 68.6 Å². The molecular formula is C28H36N2. The van der Waals surface area contributed by atoms with Gasteiger partial charge in [-0.05, 0) is 74.3 Å². The number of benzene rings is 2. The van der Waals surface area contributed by atoms with Gasteiger partial charge in [0, 0.05) is 37.6 Å². The van der Waals surface area contributed by atoms with Crippen molar-refractivity contribution in [1.82, 2.24) is 9.80 Å². The van der Waals surface area contributed by atoms with Gasteiger partial charge in [-0.3, -0.25) is 9.80 Å². The highest BCUT2D eigenvalue weighted by Crippen LogP contribution is 2.43. The fourth-order valence-corrected chi connectivity index (χ4v) is 5.99. The van der Waals surface area contributed by atoms with Crippen LogP contribution in [0.1, 0.15) is 49.8 Å². The molecule has 2 heteroatoms. The smallest absolute Gasteiger partial charge is 0.0234 e. The summed E-state index contributed by atoms with van der Waals surface area (Å²) >= 11 is 0. The molecule has 0 unspecified atom stereocenters. The molecule has 2 nitrogen and oxygen atoms in total. The fourth-order valence-electron chi connectivity index (χ4n) is 5.99. The average Bonchev–Trinajstić information content (AvgIpc) is 3.41. The molecule has 0 N–H and O–H groups in total. The summed E-state index contributed by atoms with van der Waals surface area (Å²) in [5, 5.41) is 0. The van der Waals surface area contributed by atoms with Crippen LogP contribution in [0, 0.1) is 11.8 Å². The normalized spacial score (nSPS) is 26.1. The third-order valence-corrected chi connectivity index (χ3v) is 7.84. The number of fused-ring (bicyclic) bond motifs is 1. The van der Waals surface area contributed by atoms with Gasteiger partial charge in [-0.2, -0.15) is 0 Å². The van der Waals surface area contributed by atoms with Crippen molar-refractivity contribution >= 4 is 5.57 Å². The van der Waals surface area contributed by atoms with Gasteiger partial charge in [-0.25, -0.2) is 0 Å². The first-order valence-corrected chi connectivity index (χ1v) is 11.9. The summed E-state index contributed by atoms with van der Waals surface area (Å²) in [7, 11) is 0. The maximum Gasteiger partial charge on any atom is 0.0234 e. The van der Waals surface area contributed by atoms with Crippen molar-refractivity contribution in [2.75, 3.05) is 26.2 Å². The predicted molar refractivity (Wildman–Crippen MR) is 126 cm³/mol. The van der Waals surface area contributed by atoms with Crippen molar-refractivity contribution in [1.29, 1.82) is 0 Å². The van der Waals surface area contributed by atoms with Crippen molar-refractivity contribution in [2.24, 2.45) is 11.8 Å². The lowest BCUT2D eigenvalue weighted by atomic mass is 9.90. The highest BCUT2D eigenvalue weighted by molar-refractivity contribution is 5.70. The minimum atomic E-state index is 0.387. The lowest BCUT2D eigenvalue weighted by molar-refractivity contribution is 0.177. The number of hydrogen-bond donors (Lipinski definition) is 0. The number of nitrogens with zero attached hydrogens (tertiary/aromatic N) is 2. The van der Waals surface area contributed by atoms with Crippen molar-refractivity contribution in [3.05, 3.63) is 77.4 Å².